The summed E-state index contributed by atoms with van der Waals surface area (Å²) in [5.41, 5.74) is 7.89. The molecule has 0 unspecified atom stereocenters. The fourth-order valence-corrected chi connectivity index (χ4v) is 4.02. The molecule has 0 amide bonds. The van der Waals surface area contributed by atoms with Gasteiger partial charge in [-0.3, -0.25) is 0 Å². The number of anilines is 2. The average Bonchev–Trinajstić information content (AvgIpc) is 2.41. The molecule has 4 N–H and O–H groups in total. The van der Waals surface area contributed by atoms with Gasteiger partial charge in [-0.15, -0.1) is 0 Å². The molecule has 2 rings (SSSR count). The number of nitrogens with two attached hydrogens (primary N) is 2. The van der Waals surface area contributed by atoms with E-state index < -0.39 is 10.0 Å². The van der Waals surface area contributed by atoms with Crippen LogP contribution in [0.2, 0.25) is 0 Å². The molecule has 1 aliphatic heterocycles. The summed E-state index contributed by atoms with van der Waals surface area (Å²) in [5.74, 6) is 0.783. The first kappa shape index (κ1) is 16.1. The van der Waals surface area contributed by atoms with Gasteiger partial charge in [0, 0.05) is 24.5 Å². The van der Waals surface area contributed by atoms with Crippen LogP contribution in [0.1, 0.15) is 38.2 Å². The van der Waals surface area contributed by atoms with E-state index in [1.807, 2.05) is 6.07 Å². The normalized spacial score (nSPS) is 17.2. The van der Waals surface area contributed by atoms with Crippen molar-refractivity contribution in [1.29, 1.82) is 0 Å². The molecule has 0 atom stereocenters. The van der Waals surface area contributed by atoms with E-state index in [9.17, 15) is 8.42 Å². The maximum absolute atomic E-state index is 11.7. The number of nitrogen functional groups attached to an aromatic ring is 1. The Kier molecular flexibility index (Phi) is 4.78. The van der Waals surface area contributed by atoms with Crippen molar-refractivity contribution in [3.05, 3.63) is 17.7 Å². The van der Waals surface area contributed by atoms with Gasteiger partial charge < -0.3 is 10.6 Å². The number of benzene rings is 1. The van der Waals surface area contributed by atoms with Crippen molar-refractivity contribution in [2.75, 3.05) is 23.7 Å². The maximum Gasteiger partial charge on any atom is 0.238 e. The van der Waals surface area contributed by atoms with Crippen LogP contribution < -0.4 is 15.8 Å². The second-order valence-electron chi connectivity index (χ2n) is 5.93. The number of rotatable bonds is 4. The molecule has 1 aliphatic rings. The fraction of sp³-hybridized carbons (Fsp3) is 0.600. The van der Waals surface area contributed by atoms with Crippen LogP contribution in [0.15, 0.2) is 17.0 Å². The van der Waals surface area contributed by atoms with E-state index in [-0.39, 0.29) is 4.90 Å². The summed E-state index contributed by atoms with van der Waals surface area (Å²) in [6.07, 6.45) is 4.78. The summed E-state index contributed by atoms with van der Waals surface area (Å²) < 4.78 is 23.4. The second-order valence-corrected chi connectivity index (χ2v) is 7.46. The molecule has 0 spiro atoms. The van der Waals surface area contributed by atoms with Crippen LogP contribution in [-0.2, 0) is 10.0 Å². The number of sulfonamides is 1. The van der Waals surface area contributed by atoms with Crippen LogP contribution in [0.3, 0.4) is 0 Å². The minimum atomic E-state index is -3.74. The molecule has 0 saturated carbocycles. The highest BCUT2D eigenvalue weighted by molar-refractivity contribution is 7.89. The van der Waals surface area contributed by atoms with Gasteiger partial charge in [0.15, 0.2) is 0 Å². The highest BCUT2D eigenvalue weighted by atomic mass is 32.2. The zero-order valence-corrected chi connectivity index (χ0v) is 13.6. The number of nitrogens with zero attached hydrogens (tertiary/aromatic N) is 1. The Morgan fingerprint density at radius 1 is 1.29 bits per heavy atom. The Hall–Kier alpha value is -1.27. The van der Waals surface area contributed by atoms with Crippen LogP contribution in [0.5, 0.6) is 0 Å². The second kappa shape index (κ2) is 6.23. The maximum atomic E-state index is 11.7. The van der Waals surface area contributed by atoms with Gasteiger partial charge in [-0.1, -0.05) is 19.8 Å². The average molecular weight is 311 g/mol. The predicted octanol–water partition coefficient (Wildman–Crippen LogP) is 2.24. The summed E-state index contributed by atoms with van der Waals surface area (Å²) in [6.45, 7) is 5.90. The standard InChI is InChI=1S/C15H25N3O2S/c1-3-4-12-5-7-18(8-6-12)14-9-13(16)10-15(11(14)2)21(17,19)20/h9-10,12H,3-8,16H2,1-2H3,(H2,17,19,20). The van der Waals surface area contributed by atoms with Crippen LogP contribution in [0.25, 0.3) is 0 Å². The van der Waals surface area contributed by atoms with Crippen LogP contribution in [0, 0.1) is 12.8 Å². The smallest absolute Gasteiger partial charge is 0.238 e. The van der Waals surface area contributed by atoms with E-state index in [1.54, 1.807) is 6.92 Å². The Bertz CT molecular complexity index is 606. The van der Waals surface area contributed by atoms with Crippen molar-refractivity contribution in [1.82, 2.24) is 0 Å². The molecular formula is C15H25N3O2S. The Morgan fingerprint density at radius 2 is 1.90 bits per heavy atom. The van der Waals surface area contributed by atoms with Gasteiger partial charge in [0.25, 0.3) is 0 Å². The SMILES string of the molecule is CCCC1CCN(c2cc(N)cc(S(N)(=O)=O)c2C)CC1. The lowest BCUT2D eigenvalue weighted by Crippen LogP contribution is -2.34. The first-order valence-corrected chi connectivity index (χ1v) is 9.05. The van der Waals surface area contributed by atoms with E-state index in [4.69, 9.17) is 10.9 Å². The predicted molar refractivity (Wildman–Crippen MR) is 86.8 cm³/mol. The first-order valence-electron chi connectivity index (χ1n) is 7.50. The summed E-state index contributed by atoms with van der Waals surface area (Å²) in [6, 6.07) is 3.29. The minimum absolute atomic E-state index is 0.133. The molecule has 1 aromatic rings. The Morgan fingerprint density at radius 3 is 2.43 bits per heavy atom. The van der Waals surface area contributed by atoms with E-state index in [0.717, 1.165) is 37.5 Å². The monoisotopic (exact) mass is 311 g/mol. The molecule has 6 heteroatoms. The molecule has 1 fully saturated rings. The van der Waals surface area contributed by atoms with Crippen LogP contribution >= 0.6 is 0 Å². The number of hydrogen-bond donors (Lipinski definition) is 2. The lowest BCUT2D eigenvalue weighted by atomic mass is 9.92. The molecular weight excluding hydrogens is 286 g/mol. The first-order chi connectivity index (χ1) is 9.82. The van der Waals surface area contributed by atoms with Crippen molar-refractivity contribution < 1.29 is 8.42 Å². The number of piperidine rings is 1. The summed E-state index contributed by atoms with van der Waals surface area (Å²) >= 11 is 0. The van der Waals surface area contributed by atoms with Crippen molar-refractivity contribution in [2.24, 2.45) is 11.1 Å². The van der Waals surface area contributed by atoms with Crippen LogP contribution in [0.4, 0.5) is 11.4 Å². The molecule has 1 aromatic carbocycles. The molecule has 0 radical (unpaired) electrons. The van der Waals surface area contributed by atoms with Crippen molar-refractivity contribution in [2.45, 2.75) is 44.4 Å². The minimum Gasteiger partial charge on any atom is -0.399 e. The number of hydrogen-bond acceptors (Lipinski definition) is 4. The zero-order valence-electron chi connectivity index (χ0n) is 12.8. The molecule has 0 aliphatic carbocycles. The van der Waals surface area contributed by atoms with E-state index in [1.165, 1.54) is 18.9 Å². The highest BCUT2D eigenvalue weighted by Gasteiger charge is 2.23. The molecule has 5 nitrogen and oxygen atoms in total. The summed E-state index contributed by atoms with van der Waals surface area (Å²) in [5, 5.41) is 5.28. The van der Waals surface area contributed by atoms with E-state index >= 15 is 0 Å². The summed E-state index contributed by atoms with van der Waals surface area (Å²) in [7, 11) is -3.74. The van der Waals surface area contributed by atoms with Crippen molar-refractivity contribution in [3.63, 3.8) is 0 Å². The third-order valence-electron chi connectivity index (χ3n) is 4.31. The van der Waals surface area contributed by atoms with E-state index in [2.05, 4.69) is 11.8 Å². The lowest BCUT2D eigenvalue weighted by Gasteiger charge is -2.35. The fourth-order valence-electron chi connectivity index (χ4n) is 3.19. The van der Waals surface area contributed by atoms with Crippen molar-refractivity contribution in [3.8, 4) is 0 Å². The topological polar surface area (TPSA) is 89.4 Å². The molecule has 0 bridgehead atoms. The van der Waals surface area contributed by atoms with Gasteiger partial charge >= 0.3 is 0 Å². The largest absolute Gasteiger partial charge is 0.399 e. The Balaban J connectivity index is 2.27. The van der Waals surface area contributed by atoms with Gasteiger partial charge in [-0.05, 0) is 43.4 Å². The summed E-state index contributed by atoms with van der Waals surface area (Å²) in [4.78, 5) is 2.36. The van der Waals surface area contributed by atoms with Gasteiger partial charge in [0.1, 0.15) is 0 Å². The number of primary sulfonamides is 1. The van der Waals surface area contributed by atoms with Crippen molar-refractivity contribution >= 4 is 21.4 Å². The zero-order chi connectivity index (χ0) is 15.6. The van der Waals surface area contributed by atoms with Crippen LogP contribution in [-0.4, -0.2) is 21.5 Å². The third kappa shape index (κ3) is 3.68. The van der Waals surface area contributed by atoms with Gasteiger partial charge in [-0.25, -0.2) is 13.6 Å². The highest BCUT2D eigenvalue weighted by Crippen LogP contribution is 2.32. The molecule has 1 saturated heterocycles. The van der Waals surface area contributed by atoms with Gasteiger partial charge in [0.2, 0.25) is 10.0 Å². The van der Waals surface area contributed by atoms with Gasteiger partial charge in [-0.2, -0.15) is 0 Å². The Labute approximate surface area is 127 Å². The van der Waals surface area contributed by atoms with E-state index in [0.29, 0.717) is 11.3 Å². The lowest BCUT2D eigenvalue weighted by molar-refractivity contribution is 0.378. The molecule has 21 heavy (non-hydrogen) atoms. The third-order valence-corrected chi connectivity index (χ3v) is 5.35. The quantitative estimate of drug-likeness (QED) is 0.835. The van der Waals surface area contributed by atoms with Gasteiger partial charge in [0.05, 0.1) is 4.90 Å². The molecule has 0 aromatic heterocycles. The molecule has 1 heterocycles. The molecule has 118 valence electrons.